The van der Waals surface area contributed by atoms with Crippen molar-refractivity contribution in [2.24, 2.45) is 0 Å². The van der Waals surface area contributed by atoms with Gasteiger partial charge in [-0.2, -0.15) is 0 Å². The molecule has 1 aliphatic heterocycles. The van der Waals surface area contributed by atoms with Gasteiger partial charge in [0.15, 0.2) is 0 Å². The van der Waals surface area contributed by atoms with Crippen molar-refractivity contribution in [2.45, 2.75) is 38.8 Å². The standard InChI is InChI=1S/C18H27N3O2.ClH/c1-4-21(18(23)16-7-5-6-12-19-16)13-14-8-10-15(11-9-14)17(22)20(2)3;/h8-11,16,19H,4-7,12-13H2,1-3H3;1H. The van der Waals surface area contributed by atoms with E-state index in [1.807, 2.05) is 36.1 Å². The number of rotatable bonds is 5. The van der Waals surface area contributed by atoms with Gasteiger partial charge in [-0.25, -0.2) is 0 Å². The van der Waals surface area contributed by atoms with E-state index in [1.54, 1.807) is 19.0 Å². The summed E-state index contributed by atoms with van der Waals surface area (Å²) >= 11 is 0. The molecular weight excluding hydrogens is 326 g/mol. The lowest BCUT2D eigenvalue weighted by atomic mass is 10.0. The van der Waals surface area contributed by atoms with Crippen molar-refractivity contribution < 1.29 is 9.59 Å². The fourth-order valence-corrected chi connectivity index (χ4v) is 2.86. The number of hydrogen-bond acceptors (Lipinski definition) is 3. The summed E-state index contributed by atoms with van der Waals surface area (Å²) in [7, 11) is 3.48. The normalized spacial score (nSPS) is 16.9. The molecule has 1 aromatic rings. The molecular formula is C18H28ClN3O2. The fraction of sp³-hybridized carbons (Fsp3) is 0.556. The molecule has 1 unspecified atom stereocenters. The molecule has 1 N–H and O–H groups in total. The van der Waals surface area contributed by atoms with Crippen molar-refractivity contribution >= 4 is 24.2 Å². The van der Waals surface area contributed by atoms with Gasteiger partial charge in [-0.15, -0.1) is 12.4 Å². The first-order valence-corrected chi connectivity index (χ1v) is 8.35. The number of nitrogens with zero attached hydrogens (tertiary/aromatic N) is 2. The largest absolute Gasteiger partial charge is 0.345 e. The minimum atomic E-state index is -0.0432. The molecule has 5 nitrogen and oxygen atoms in total. The van der Waals surface area contributed by atoms with E-state index in [4.69, 9.17) is 0 Å². The highest BCUT2D eigenvalue weighted by Crippen LogP contribution is 2.13. The summed E-state index contributed by atoms with van der Waals surface area (Å²) in [5.41, 5.74) is 1.72. The van der Waals surface area contributed by atoms with Crippen LogP contribution >= 0.6 is 12.4 Å². The van der Waals surface area contributed by atoms with Crippen LogP contribution in [0.5, 0.6) is 0 Å². The zero-order valence-corrected chi connectivity index (χ0v) is 15.6. The van der Waals surface area contributed by atoms with Gasteiger partial charge in [-0.1, -0.05) is 18.6 Å². The highest BCUT2D eigenvalue weighted by atomic mass is 35.5. The first kappa shape index (κ1) is 20.5. The number of carbonyl (C=O) groups excluding carboxylic acids is 2. The number of halogens is 1. The Morgan fingerprint density at radius 3 is 2.33 bits per heavy atom. The summed E-state index contributed by atoms with van der Waals surface area (Å²) in [5, 5.41) is 3.31. The van der Waals surface area contributed by atoms with Crippen LogP contribution in [0.15, 0.2) is 24.3 Å². The Kier molecular flexibility index (Phi) is 8.22. The number of piperidine rings is 1. The van der Waals surface area contributed by atoms with Crippen LogP contribution in [0.4, 0.5) is 0 Å². The second-order valence-electron chi connectivity index (χ2n) is 6.25. The van der Waals surface area contributed by atoms with E-state index in [-0.39, 0.29) is 30.3 Å². The molecule has 1 heterocycles. The summed E-state index contributed by atoms with van der Waals surface area (Å²) in [6, 6.07) is 7.48. The second kappa shape index (κ2) is 9.64. The van der Waals surface area contributed by atoms with Gasteiger partial charge in [-0.3, -0.25) is 9.59 Å². The number of amides is 2. The average Bonchev–Trinajstić information content (AvgIpc) is 2.59. The van der Waals surface area contributed by atoms with Crippen LogP contribution in [0.3, 0.4) is 0 Å². The Balaban J connectivity index is 0.00000288. The molecule has 0 radical (unpaired) electrons. The lowest BCUT2D eigenvalue weighted by Gasteiger charge is -2.29. The summed E-state index contributed by atoms with van der Waals surface area (Å²) in [6.07, 6.45) is 3.19. The highest BCUT2D eigenvalue weighted by Gasteiger charge is 2.24. The first-order chi connectivity index (χ1) is 11.0. The number of carbonyl (C=O) groups is 2. The van der Waals surface area contributed by atoms with Crippen molar-refractivity contribution in [1.29, 1.82) is 0 Å². The zero-order chi connectivity index (χ0) is 16.8. The maximum Gasteiger partial charge on any atom is 0.253 e. The molecule has 6 heteroatoms. The van der Waals surface area contributed by atoms with Crippen LogP contribution < -0.4 is 5.32 Å². The number of nitrogens with one attached hydrogen (secondary N) is 1. The number of likely N-dealkylation sites (N-methyl/N-ethyl adjacent to an activating group) is 1. The maximum absolute atomic E-state index is 12.6. The molecule has 1 aliphatic rings. The summed E-state index contributed by atoms with van der Waals surface area (Å²) in [4.78, 5) is 27.9. The monoisotopic (exact) mass is 353 g/mol. The van der Waals surface area contributed by atoms with E-state index in [0.717, 1.165) is 31.4 Å². The number of benzene rings is 1. The molecule has 0 saturated carbocycles. The van der Waals surface area contributed by atoms with Gasteiger partial charge in [0.2, 0.25) is 5.91 Å². The summed E-state index contributed by atoms with van der Waals surface area (Å²) in [6.45, 7) is 4.21. The van der Waals surface area contributed by atoms with Crippen molar-refractivity contribution in [1.82, 2.24) is 15.1 Å². The maximum atomic E-state index is 12.6. The van der Waals surface area contributed by atoms with Gasteiger partial charge < -0.3 is 15.1 Å². The molecule has 0 aliphatic carbocycles. The molecule has 0 bridgehead atoms. The van der Waals surface area contributed by atoms with Crippen LogP contribution in [0.25, 0.3) is 0 Å². The lowest BCUT2D eigenvalue weighted by molar-refractivity contribution is -0.134. The quantitative estimate of drug-likeness (QED) is 0.883. The molecule has 2 rings (SSSR count). The topological polar surface area (TPSA) is 52.7 Å². The first-order valence-electron chi connectivity index (χ1n) is 8.35. The minimum absolute atomic E-state index is 0. The van der Waals surface area contributed by atoms with E-state index in [0.29, 0.717) is 18.7 Å². The molecule has 1 aromatic carbocycles. The summed E-state index contributed by atoms with van der Waals surface area (Å²) in [5.74, 6) is 0.173. The summed E-state index contributed by atoms with van der Waals surface area (Å²) < 4.78 is 0. The zero-order valence-electron chi connectivity index (χ0n) is 14.7. The third-order valence-corrected chi connectivity index (χ3v) is 4.28. The predicted octanol–water partition coefficient (Wildman–Crippen LogP) is 2.30. The third kappa shape index (κ3) is 5.21. The third-order valence-electron chi connectivity index (χ3n) is 4.28. The predicted molar refractivity (Wildman–Crippen MR) is 98.4 cm³/mol. The molecule has 0 spiro atoms. The lowest BCUT2D eigenvalue weighted by Crippen LogP contribution is -2.48. The van der Waals surface area contributed by atoms with E-state index < -0.39 is 0 Å². The van der Waals surface area contributed by atoms with Crippen LogP contribution in [-0.2, 0) is 11.3 Å². The van der Waals surface area contributed by atoms with Crippen molar-refractivity contribution in [3.05, 3.63) is 35.4 Å². The van der Waals surface area contributed by atoms with E-state index in [1.165, 1.54) is 0 Å². The van der Waals surface area contributed by atoms with Crippen LogP contribution in [0, 0.1) is 0 Å². The van der Waals surface area contributed by atoms with Crippen molar-refractivity contribution in [3.63, 3.8) is 0 Å². The molecule has 1 saturated heterocycles. The second-order valence-corrected chi connectivity index (χ2v) is 6.25. The minimum Gasteiger partial charge on any atom is -0.345 e. The Morgan fingerprint density at radius 1 is 1.17 bits per heavy atom. The molecule has 1 fully saturated rings. The van der Waals surface area contributed by atoms with Crippen molar-refractivity contribution in [3.8, 4) is 0 Å². The van der Waals surface area contributed by atoms with Gasteiger partial charge in [0.05, 0.1) is 6.04 Å². The van der Waals surface area contributed by atoms with E-state index >= 15 is 0 Å². The molecule has 1 atom stereocenters. The van der Waals surface area contributed by atoms with Crippen LogP contribution in [-0.4, -0.2) is 54.8 Å². The van der Waals surface area contributed by atoms with Crippen LogP contribution in [0.1, 0.15) is 42.1 Å². The fourth-order valence-electron chi connectivity index (χ4n) is 2.86. The number of hydrogen-bond donors (Lipinski definition) is 1. The van der Waals surface area contributed by atoms with Gasteiger partial charge in [0.25, 0.3) is 5.91 Å². The molecule has 2 amide bonds. The SMILES string of the molecule is CCN(Cc1ccc(C(=O)N(C)C)cc1)C(=O)C1CCCCN1.Cl. The smallest absolute Gasteiger partial charge is 0.253 e. The molecule has 134 valence electrons. The van der Waals surface area contributed by atoms with Gasteiger partial charge in [0.1, 0.15) is 0 Å². The highest BCUT2D eigenvalue weighted by molar-refractivity contribution is 5.93. The van der Waals surface area contributed by atoms with Crippen molar-refractivity contribution in [2.75, 3.05) is 27.2 Å². The molecule has 0 aromatic heterocycles. The van der Waals surface area contributed by atoms with E-state index in [2.05, 4.69) is 5.32 Å². The average molecular weight is 354 g/mol. The molecule has 24 heavy (non-hydrogen) atoms. The Morgan fingerprint density at radius 2 is 1.83 bits per heavy atom. The Labute approximate surface area is 150 Å². The van der Waals surface area contributed by atoms with Crippen LogP contribution in [0.2, 0.25) is 0 Å². The Hall–Kier alpha value is -1.59. The Bertz CT molecular complexity index is 540. The van der Waals surface area contributed by atoms with Gasteiger partial charge in [-0.05, 0) is 44.0 Å². The van der Waals surface area contributed by atoms with Gasteiger partial charge >= 0.3 is 0 Å². The van der Waals surface area contributed by atoms with Gasteiger partial charge in [0, 0.05) is 32.7 Å². The van der Waals surface area contributed by atoms with E-state index in [9.17, 15) is 9.59 Å².